The lowest BCUT2D eigenvalue weighted by Crippen LogP contribution is -2.31. The number of carbonyl (C=O) groups is 1. The second-order valence-corrected chi connectivity index (χ2v) is 5.50. The van der Waals surface area contributed by atoms with Crippen molar-refractivity contribution in [2.45, 2.75) is 13.5 Å². The molecule has 0 saturated carbocycles. The third-order valence-corrected chi connectivity index (χ3v) is 3.52. The van der Waals surface area contributed by atoms with E-state index in [1.165, 1.54) is 30.5 Å². The van der Waals surface area contributed by atoms with Crippen molar-refractivity contribution in [2.75, 3.05) is 5.32 Å². The second-order valence-electron chi connectivity index (χ2n) is 5.50. The average molecular weight is 338 g/mol. The molecule has 1 aromatic heterocycles. The first kappa shape index (κ1) is 16.5. The van der Waals surface area contributed by atoms with Gasteiger partial charge in [-0.05, 0) is 31.2 Å². The van der Waals surface area contributed by atoms with Crippen molar-refractivity contribution in [3.8, 4) is 11.3 Å². The molecule has 25 heavy (non-hydrogen) atoms. The van der Waals surface area contributed by atoms with Crippen molar-refractivity contribution in [3.63, 3.8) is 0 Å². The minimum absolute atomic E-state index is 0.280. The maximum Gasteiger partial charge on any atom is 0.365 e. The normalized spacial score (nSPS) is 10.5. The molecule has 0 radical (unpaired) electrons. The molecule has 0 spiro atoms. The van der Waals surface area contributed by atoms with E-state index in [2.05, 4.69) is 15.4 Å². The van der Waals surface area contributed by atoms with E-state index in [4.69, 9.17) is 0 Å². The van der Waals surface area contributed by atoms with Gasteiger partial charge in [-0.15, -0.1) is 0 Å². The average Bonchev–Trinajstić information content (AvgIpc) is 2.59. The number of rotatable bonds is 4. The minimum atomic E-state index is -0.618. The number of benzene rings is 2. The lowest BCUT2D eigenvalue weighted by Gasteiger charge is -2.07. The highest BCUT2D eigenvalue weighted by atomic mass is 19.1. The zero-order chi connectivity index (χ0) is 17.8. The van der Waals surface area contributed by atoms with E-state index in [1.807, 2.05) is 31.2 Å². The summed E-state index contributed by atoms with van der Waals surface area (Å²) in [7, 11) is 0. The number of nitrogens with zero attached hydrogens (tertiary/aromatic N) is 3. The maximum atomic E-state index is 12.8. The van der Waals surface area contributed by atoms with Gasteiger partial charge in [0.25, 0.3) is 0 Å². The molecular weight excluding hydrogens is 323 g/mol. The third-order valence-electron chi connectivity index (χ3n) is 3.52. The molecule has 1 heterocycles. The molecule has 0 aliphatic rings. The Hall–Kier alpha value is -3.35. The Morgan fingerprint density at radius 1 is 1.12 bits per heavy atom. The Bertz CT molecular complexity index is 950. The zero-order valence-electron chi connectivity index (χ0n) is 13.4. The predicted octanol–water partition coefficient (Wildman–Crippen LogP) is 2.39. The Morgan fingerprint density at radius 3 is 2.44 bits per heavy atom. The van der Waals surface area contributed by atoms with Crippen LogP contribution in [0.25, 0.3) is 11.3 Å². The maximum absolute atomic E-state index is 12.8. The Labute approximate surface area is 143 Å². The van der Waals surface area contributed by atoms with Crippen LogP contribution in [0, 0.1) is 12.7 Å². The van der Waals surface area contributed by atoms with Crippen molar-refractivity contribution >= 4 is 11.6 Å². The summed E-state index contributed by atoms with van der Waals surface area (Å²) < 4.78 is 13.8. The van der Waals surface area contributed by atoms with E-state index in [1.54, 1.807) is 0 Å². The lowest BCUT2D eigenvalue weighted by atomic mass is 10.1. The molecule has 0 atom stereocenters. The number of hydrogen-bond acceptors (Lipinski definition) is 4. The summed E-state index contributed by atoms with van der Waals surface area (Å²) in [5.74, 6) is -0.849. The van der Waals surface area contributed by atoms with Crippen LogP contribution in [0.15, 0.2) is 59.5 Å². The fourth-order valence-electron chi connectivity index (χ4n) is 2.21. The number of anilines is 1. The molecule has 0 saturated heterocycles. The van der Waals surface area contributed by atoms with Gasteiger partial charge < -0.3 is 5.32 Å². The summed E-state index contributed by atoms with van der Waals surface area (Å²) in [4.78, 5) is 28.0. The van der Waals surface area contributed by atoms with E-state index >= 15 is 0 Å². The molecule has 3 rings (SSSR count). The third kappa shape index (κ3) is 4.14. The molecule has 0 aliphatic heterocycles. The Balaban J connectivity index is 1.72. The first-order valence-electron chi connectivity index (χ1n) is 7.58. The van der Waals surface area contributed by atoms with E-state index in [-0.39, 0.29) is 6.54 Å². The quantitative estimate of drug-likeness (QED) is 0.792. The van der Waals surface area contributed by atoms with Gasteiger partial charge in [-0.2, -0.15) is 10.1 Å². The van der Waals surface area contributed by atoms with Crippen LogP contribution in [0.3, 0.4) is 0 Å². The van der Waals surface area contributed by atoms with Gasteiger partial charge in [-0.3, -0.25) is 4.79 Å². The fraction of sp³-hybridized carbons (Fsp3) is 0.111. The number of amides is 1. The van der Waals surface area contributed by atoms with Gasteiger partial charge in [0.1, 0.15) is 12.4 Å². The molecule has 0 fully saturated rings. The number of aromatic nitrogens is 3. The van der Waals surface area contributed by atoms with Crippen LogP contribution in [0.1, 0.15) is 5.56 Å². The van der Waals surface area contributed by atoms with Gasteiger partial charge >= 0.3 is 5.69 Å². The van der Waals surface area contributed by atoms with Crippen LogP contribution in [0.2, 0.25) is 0 Å². The van der Waals surface area contributed by atoms with Gasteiger partial charge in [0, 0.05) is 11.3 Å². The molecule has 6 nitrogen and oxygen atoms in total. The first-order valence-corrected chi connectivity index (χ1v) is 7.58. The molecule has 7 heteroatoms. The van der Waals surface area contributed by atoms with Crippen LogP contribution >= 0.6 is 0 Å². The van der Waals surface area contributed by atoms with Gasteiger partial charge in [-0.1, -0.05) is 29.8 Å². The molecule has 1 N–H and O–H groups in total. The number of nitrogens with one attached hydrogen (secondary N) is 1. The summed E-state index contributed by atoms with van der Waals surface area (Å²) >= 11 is 0. The van der Waals surface area contributed by atoms with Crippen LogP contribution in [-0.2, 0) is 11.3 Å². The summed E-state index contributed by atoms with van der Waals surface area (Å²) in [6.45, 7) is 1.69. The summed E-state index contributed by atoms with van der Waals surface area (Å²) in [5, 5.41) is 6.56. The molecule has 0 aliphatic carbocycles. The lowest BCUT2D eigenvalue weighted by molar-refractivity contribution is -0.117. The zero-order valence-corrected chi connectivity index (χ0v) is 13.4. The molecule has 3 aromatic rings. The molecule has 1 amide bonds. The molecule has 2 aromatic carbocycles. The van der Waals surface area contributed by atoms with Crippen molar-refractivity contribution in [1.82, 2.24) is 14.8 Å². The SMILES string of the molecule is Cc1ccc(-c2cnn(CC(=O)Nc3ccc(F)cc3)c(=O)n2)cc1. The largest absolute Gasteiger partial charge is 0.365 e. The van der Waals surface area contributed by atoms with Crippen molar-refractivity contribution in [3.05, 3.63) is 76.6 Å². The van der Waals surface area contributed by atoms with E-state index in [9.17, 15) is 14.0 Å². The Kier molecular flexibility index (Phi) is 4.65. The number of aryl methyl sites for hydroxylation is 1. The molecule has 0 unspecified atom stereocenters. The van der Waals surface area contributed by atoms with Gasteiger partial charge in [0.2, 0.25) is 5.91 Å². The van der Waals surface area contributed by atoms with Crippen LogP contribution < -0.4 is 11.0 Å². The van der Waals surface area contributed by atoms with Gasteiger partial charge in [-0.25, -0.2) is 13.9 Å². The molecule has 0 bridgehead atoms. The van der Waals surface area contributed by atoms with E-state index < -0.39 is 17.4 Å². The highest BCUT2D eigenvalue weighted by Gasteiger charge is 2.09. The first-order chi connectivity index (χ1) is 12.0. The summed E-state index contributed by atoms with van der Waals surface area (Å²) in [5.41, 5.74) is 2.14. The monoisotopic (exact) mass is 338 g/mol. The van der Waals surface area contributed by atoms with Gasteiger partial charge in [0.15, 0.2) is 0 Å². The van der Waals surface area contributed by atoms with Crippen molar-refractivity contribution < 1.29 is 9.18 Å². The summed E-state index contributed by atoms with van der Waals surface area (Å²) in [6, 6.07) is 12.9. The molecular formula is C18H15FN4O2. The number of halogens is 1. The fourth-order valence-corrected chi connectivity index (χ4v) is 2.21. The van der Waals surface area contributed by atoms with Crippen molar-refractivity contribution in [2.24, 2.45) is 0 Å². The standard InChI is InChI=1S/C18H15FN4O2/c1-12-2-4-13(5-3-12)16-10-20-23(18(25)22-16)11-17(24)21-15-8-6-14(19)7-9-15/h2-10H,11H2,1H3,(H,21,24). The number of hydrogen-bond donors (Lipinski definition) is 1. The highest BCUT2D eigenvalue weighted by molar-refractivity contribution is 5.90. The van der Waals surface area contributed by atoms with Crippen LogP contribution in [-0.4, -0.2) is 20.7 Å². The van der Waals surface area contributed by atoms with Crippen LogP contribution in [0.5, 0.6) is 0 Å². The predicted molar refractivity (Wildman–Crippen MR) is 91.5 cm³/mol. The topological polar surface area (TPSA) is 76.9 Å². The highest BCUT2D eigenvalue weighted by Crippen LogP contribution is 2.14. The number of carbonyl (C=O) groups excluding carboxylic acids is 1. The van der Waals surface area contributed by atoms with E-state index in [0.717, 1.165) is 15.8 Å². The van der Waals surface area contributed by atoms with Crippen LogP contribution in [0.4, 0.5) is 10.1 Å². The smallest absolute Gasteiger partial charge is 0.324 e. The summed E-state index contributed by atoms with van der Waals surface area (Å²) in [6.07, 6.45) is 1.44. The van der Waals surface area contributed by atoms with E-state index in [0.29, 0.717) is 11.4 Å². The van der Waals surface area contributed by atoms with Gasteiger partial charge in [0.05, 0.1) is 11.9 Å². The second kappa shape index (κ2) is 7.04. The molecule has 126 valence electrons. The minimum Gasteiger partial charge on any atom is -0.324 e. The Morgan fingerprint density at radius 2 is 1.80 bits per heavy atom. The van der Waals surface area contributed by atoms with Crippen molar-refractivity contribution in [1.29, 1.82) is 0 Å².